The zero-order valence-electron chi connectivity index (χ0n) is 24.2. The highest BCUT2D eigenvalue weighted by Crippen LogP contribution is 2.35. The first-order valence-corrected chi connectivity index (χ1v) is 13.6. The van der Waals surface area contributed by atoms with Gasteiger partial charge in [-0.1, -0.05) is 17.7 Å². The van der Waals surface area contributed by atoms with E-state index in [1.165, 1.54) is 35.2 Å². The summed E-state index contributed by atoms with van der Waals surface area (Å²) in [5.41, 5.74) is 2.93. The van der Waals surface area contributed by atoms with Gasteiger partial charge in [0.2, 0.25) is 0 Å². The third-order valence-electron chi connectivity index (χ3n) is 6.42. The topological polar surface area (TPSA) is 144 Å². The Morgan fingerprint density at radius 2 is 1.49 bits per heavy atom. The van der Waals surface area contributed by atoms with Crippen LogP contribution in [-0.2, 0) is 35.2 Å². The zero-order valence-corrected chi connectivity index (χ0v) is 24.2. The number of carbonyl (C=O) groups excluding carboxylic acids is 5. The quantitative estimate of drug-likeness (QED) is 0.215. The molecule has 222 valence electrons. The number of allylic oxidation sites excluding steroid dienone is 1. The molecule has 0 saturated carbocycles. The lowest BCUT2D eigenvalue weighted by atomic mass is 10.1. The molecule has 11 nitrogen and oxygen atoms in total. The van der Waals surface area contributed by atoms with Gasteiger partial charge >= 0.3 is 23.8 Å². The smallest absolute Gasteiger partial charge is 0.340 e. The van der Waals surface area contributed by atoms with Gasteiger partial charge in [-0.05, 0) is 82.3 Å². The summed E-state index contributed by atoms with van der Waals surface area (Å²) in [6, 6.07) is 16.4. The number of anilines is 2. The van der Waals surface area contributed by atoms with Gasteiger partial charge in [0.15, 0.2) is 0 Å². The molecule has 0 spiro atoms. The number of carbonyl (C=O) groups is 5. The van der Waals surface area contributed by atoms with Gasteiger partial charge in [0.1, 0.15) is 11.5 Å². The lowest BCUT2D eigenvalue weighted by molar-refractivity contribution is -0.138. The SMILES string of the molecule is CCOC(=O)C1=C(C)N(c2ccc(C)cc2)C(=O)/C1=C/c1ccc(CNC(=O)C(=O)Nc2ccc(C(=O)OCC)cc2)o1. The fourth-order valence-electron chi connectivity index (χ4n) is 4.33. The van der Waals surface area contributed by atoms with Crippen molar-refractivity contribution < 1.29 is 37.9 Å². The van der Waals surface area contributed by atoms with Crippen molar-refractivity contribution in [1.29, 1.82) is 0 Å². The lowest BCUT2D eigenvalue weighted by Gasteiger charge is -2.18. The maximum absolute atomic E-state index is 13.5. The summed E-state index contributed by atoms with van der Waals surface area (Å²) in [5, 5.41) is 4.92. The molecule has 3 aromatic rings. The fourth-order valence-corrected chi connectivity index (χ4v) is 4.33. The van der Waals surface area contributed by atoms with E-state index in [2.05, 4.69) is 10.6 Å². The number of ether oxygens (including phenoxy) is 2. The summed E-state index contributed by atoms with van der Waals surface area (Å²) in [4.78, 5) is 64.2. The molecule has 0 unspecified atom stereocenters. The predicted octanol–water partition coefficient (Wildman–Crippen LogP) is 4.29. The summed E-state index contributed by atoms with van der Waals surface area (Å²) in [5.74, 6) is -2.78. The summed E-state index contributed by atoms with van der Waals surface area (Å²) in [6.45, 7) is 7.25. The lowest BCUT2D eigenvalue weighted by Crippen LogP contribution is -2.34. The van der Waals surface area contributed by atoms with Crippen molar-refractivity contribution in [2.75, 3.05) is 23.4 Å². The molecule has 3 amide bonds. The maximum Gasteiger partial charge on any atom is 0.340 e. The largest absolute Gasteiger partial charge is 0.462 e. The van der Waals surface area contributed by atoms with Gasteiger partial charge in [0.05, 0.1) is 36.5 Å². The van der Waals surface area contributed by atoms with E-state index in [4.69, 9.17) is 13.9 Å². The number of benzene rings is 2. The van der Waals surface area contributed by atoms with Crippen molar-refractivity contribution in [2.45, 2.75) is 34.2 Å². The van der Waals surface area contributed by atoms with E-state index in [0.717, 1.165) is 5.56 Å². The van der Waals surface area contributed by atoms with Crippen molar-refractivity contribution in [2.24, 2.45) is 0 Å². The molecule has 0 atom stereocenters. The van der Waals surface area contributed by atoms with Crippen molar-refractivity contribution in [3.63, 3.8) is 0 Å². The Bertz CT molecular complexity index is 1610. The Morgan fingerprint density at radius 1 is 0.837 bits per heavy atom. The summed E-state index contributed by atoms with van der Waals surface area (Å²) < 4.78 is 15.9. The van der Waals surface area contributed by atoms with Crippen molar-refractivity contribution in [3.8, 4) is 0 Å². The first kappa shape index (κ1) is 30.5. The van der Waals surface area contributed by atoms with Crippen LogP contribution in [-0.4, -0.2) is 42.9 Å². The van der Waals surface area contributed by atoms with Crippen molar-refractivity contribution >= 4 is 47.1 Å². The Morgan fingerprint density at radius 3 is 2.14 bits per heavy atom. The van der Waals surface area contributed by atoms with E-state index in [1.807, 2.05) is 19.1 Å². The molecule has 43 heavy (non-hydrogen) atoms. The number of aryl methyl sites for hydroxylation is 1. The summed E-state index contributed by atoms with van der Waals surface area (Å²) in [7, 11) is 0. The van der Waals surface area contributed by atoms with Crippen LogP contribution in [0.1, 0.15) is 48.2 Å². The van der Waals surface area contributed by atoms with Gasteiger partial charge in [-0.15, -0.1) is 0 Å². The molecule has 0 aliphatic carbocycles. The van der Waals surface area contributed by atoms with Gasteiger partial charge in [-0.25, -0.2) is 9.59 Å². The van der Waals surface area contributed by atoms with Crippen LogP contribution < -0.4 is 15.5 Å². The van der Waals surface area contributed by atoms with Crippen LogP contribution in [0.25, 0.3) is 6.08 Å². The van der Waals surface area contributed by atoms with Crippen LogP contribution in [0.5, 0.6) is 0 Å². The molecular formula is C32H31N3O8. The molecule has 1 aliphatic heterocycles. The highest BCUT2D eigenvalue weighted by Gasteiger charge is 2.38. The first-order valence-electron chi connectivity index (χ1n) is 13.6. The monoisotopic (exact) mass is 585 g/mol. The molecule has 0 saturated heterocycles. The average molecular weight is 586 g/mol. The normalized spacial score (nSPS) is 13.7. The molecule has 2 aromatic carbocycles. The Labute approximate surface area is 248 Å². The summed E-state index contributed by atoms with van der Waals surface area (Å²) in [6.07, 6.45) is 1.45. The molecule has 0 fully saturated rings. The zero-order chi connectivity index (χ0) is 31.1. The fraction of sp³-hybridized carbons (Fsp3) is 0.219. The van der Waals surface area contributed by atoms with Gasteiger partial charge in [-0.2, -0.15) is 0 Å². The van der Waals surface area contributed by atoms with Crippen molar-refractivity contribution in [1.82, 2.24) is 5.32 Å². The number of amides is 3. The third-order valence-corrected chi connectivity index (χ3v) is 6.42. The van der Waals surface area contributed by atoms with Gasteiger partial charge in [0.25, 0.3) is 5.91 Å². The number of nitrogens with one attached hydrogen (secondary N) is 2. The average Bonchev–Trinajstić information content (AvgIpc) is 3.54. The van der Waals surface area contributed by atoms with Crippen LogP contribution in [0.15, 0.2) is 81.9 Å². The Hall–Kier alpha value is -5.45. The predicted molar refractivity (Wildman–Crippen MR) is 158 cm³/mol. The number of esters is 2. The Kier molecular flexibility index (Phi) is 9.56. The van der Waals surface area contributed by atoms with Crippen LogP contribution in [0.4, 0.5) is 11.4 Å². The molecule has 2 N–H and O–H groups in total. The Balaban J connectivity index is 1.44. The minimum absolute atomic E-state index is 0.106. The van der Waals surface area contributed by atoms with E-state index < -0.39 is 29.7 Å². The van der Waals surface area contributed by atoms with Crippen molar-refractivity contribution in [3.05, 3.63) is 100 Å². The van der Waals surface area contributed by atoms with Crippen LogP contribution in [0.2, 0.25) is 0 Å². The molecular weight excluding hydrogens is 554 g/mol. The maximum atomic E-state index is 13.5. The number of nitrogens with zero attached hydrogens (tertiary/aromatic N) is 1. The minimum Gasteiger partial charge on any atom is -0.462 e. The standard InChI is InChI=1S/C32H31N3O8/c1-5-41-31(39)21-9-11-22(12-10-21)34-29(37)28(36)33-18-25-16-15-24(43-25)17-26-27(32(40)42-6-2)20(4)35(30(26)38)23-13-7-19(3)8-14-23/h7-17H,5-6,18H2,1-4H3,(H,33,36)(H,34,37)/b26-17+. The van der Waals surface area contributed by atoms with E-state index >= 15 is 0 Å². The first-order chi connectivity index (χ1) is 20.6. The second-order valence-electron chi connectivity index (χ2n) is 9.45. The molecule has 2 heterocycles. The molecule has 0 bridgehead atoms. The molecule has 1 aliphatic rings. The van der Waals surface area contributed by atoms with Crippen LogP contribution >= 0.6 is 0 Å². The second kappa shape index (κ2) is 13.5. The number of hydrogen-bond donors (Lipinski definition) is 2. The number of rotatable bonds is 9. The van der Waals surface area contributed by atoms with Gasteiger partial charge in [-0.3, -0.25) is 19.3 Å². The molecule has 4 rings (SSSR count). The number of hydrogen-bond acceptors (Lipinski definition) is 8. The molecule has 11 heteroatoms. The van der Waals surface area contributed by atoms with Gasteiger partial charge < -0.3 is 24.5 Å². The van der Waals surface area contributed by atoms with E-state index in [-0.39, 0.29) is 36.7 Å². The molecule has 1 aromatic heterocycles. The van der Waals surface area contributed by atoms with Crippen LogP contribution in [0, 0.1) is 6.92 Å². The van der Waals surface area contributed by atoms with Crippen LogP contribution in [0.3, 0.4) is 0 Å². The van der Waals surface area contributed by atoms with E-state index in [9.17, 15) is 24.0 Å². The van der Waals surface area contributed by atoms with Gasteiger partial charge in [0, 0.05) is 17.1 Å². The summed E-state index contributed by atoms with van der Waals surface area (Å²) >= 11 is 0. The van der Waals surface area contributed by atoms with E-state index in [1.54, 1.807) is 45.0 Å². The number of furan rings is 1. The second-order valence-corrected chi connectivity index (χ2v) is 9.45. The third kappa shape index (κ3) is 7.07. The minimum atomic E-state index is -0.912. The van der Waals surface area contributed by atoms with E-state index in [0.29, 0.717) is 28.4 Å². The molecule has 0 radical (unpaired) electrons. The highest BCUT2D eigenvalue weighted by molar-refractivity contribution is 6.39. The highest BCUT2D eigenvalue weighted by atomic mass is 16.5.